The number of carboxylic acids is 1. The number of hydrogen-bond donors (Lipinski definition) is 2. The molecule has 1 aromatic rings. The summed E-state index contributed by atoms with van der Waals surface area (Å²) in [5.74, 6) is -2.08. The maximum Gasteiger partial charge on any atom is 0.323 e. The van der Waals surface area contributed by atoms with E-state index in [-0.39, 0.29) is 12.2 Å². The number of nitrogens with zero attached hydrogens (tertiary/aromatic N) is 1. The minimum atomic E-state index is -1.10. The number of para-hydroxylation sites is 1. The van der Waals surface area contributed by atoms with Crippen LogP contribution >= 0.6 is 12.6 Å². The standard InChI is InChI=1S/C15H17NO4S/c17-13(7-8-21)11-6-5-10-3-1-2-4-12(10)16(15(11)20)9-14(18)19/h1-4,11,21H,5-9H2,(H,18,19). The highest BCUT2D eigenvalue weighted by Gasteiger charge is 2.35. The van der Waals surface area contributed by atoms with E-state index in [2.05, 4.69) is 12.6 Å². The molecule has 1 heterocycles. The second-order valence-electron chi connectivity index (χ2n) is 4.98. The third kappa shape index (κ3) is 3.44. The van der Waals surface area contributed by atoms with Crippen LogP contribution in [0.1, 0.15) is 18.4 Å². The lowest BCUT2D eigenvalue weighted by atomic mass is 9.95. The quantitative estimate of drug-likeness (QED) is 0.639. The molecule has 0 bridgehead atoms. The van der Waals surface area contributed by atoms with E-state index >= 15 is 0 Å². The molecule has 0 aliphatic carbocycles. The minimum Gasteiger partial charge on any atom is -0.480 e. The number of anilines is 1. The van der Waals surface area contributed by atoms with Crippen LogP contribution in [0.3, 0.4) is 0 Å². The van der Waals surface area contributed by atoms with E-state index in [0.717, 1.165) is 5.56 Å². The molecule has 1 unspecified atom stereocenters. The highest BCUT2D eigenvalue weighted by Crippen LogP contribution is 2.30. The summed E-state index contributed by atoms with van der Waals surface area (Å²) in [4.78, 5) is 36.9. The van der Waals surface area contributed by atoms with Gasteiger partial charge in [-0.25, -0.2) is 0 Å². The van der Waals surface area contributed by atoms with Crippen LogP contribution in [-0.4, -0.2) is 35.1 Å². The summed E-state index contributed by atoms with van der Waals surface area (Å²) in [6, 6.07) is 7.19. The lowest BCUT2D eigenvalue weighted by Crippen LogP contribution is -2.41. The van der Waals surface area contributed by atoms with Gasteiger partial charge in [-0.3, -0.25) is 14.4 Å². The summed E-state index contributed by atoms with van der Waals surface area (Å²) in [5, 5.41) is 9.04. The molecule has 6 heteroatoms. The lowest BCUT2D eigenvalue weighted by molar-refractivity contribution is -0.138. The van der Waals surface area contributed by atoms with Crippen LogP contribution in [0.25, 0.3) is 0 Å². The van der Waals surface area contributed by atoms with Gasteiger partial charge in [-0.2, -0.15) is 12.6 Å². The van der Waals surface area contributed by atoms with Gasteiger partial charge < -0.3 is 10.0 Å². The zero-order valence-corrected chi connectivity index (χ0v) is 12.4. The van der Waals surface area contributed by atoms with Gasteiger partial charge in [-0.05, 0) is 30.2 Å². The number of aryl methyl sites for hydroxylation is 1. The average molecular weight is 307 g/mol. The van der Waals surface area contributed by atoms with Gasteiger partial charge in [0.05, 0.1) is 5.92 Å². The van der Waals surface area contributed by atoms with Crippen LogP contribution in [0.5, 0.6) is 0 Å². The van der Waals surface area contributed by atoms with Crippen LogP contribution in [0.2, 0.25) is 0 Å². The summed E-state index contributed by atoms with van der Waals surface area (Å²) >= 11 is 4.02. The van der Waals surface area contributed by atoms with Gasteiger partial charge in [0, 0.05) is 12.1 Å². The highest BCUT2D eigenvalue weighted by molar-refractivity contribution is 7.80. The maximum atomic E-state index is 12.6. The fourth-order valence-electron chi connectivity index (χ4n) is 2.60. The molecular weight excluding hydrogens is 290 g/mol. The Morgan fingerprint density at radius 1 is 1.33 bits per heavy atom. The molecule has 1 aromatic carbocycles. The van der Waals surface area contributed by atoms with Crippen molar-refractivity contribution in [1.82, 2.24) is 0 Å². The number of aliphatic carboxylic acids is 1. The van der Waals surface area contributed by atoms with Crippen LogP contribution in [-0.2, 0) is 20.8 Å². The fourth-order valence-corrected chi connectivity index (χ4v) is 2.82. The molecule has 1 aliphatic rings. The molecule has 1 amide bonds. The summed E-state index contributed by atoms with van der Waals surface area (Å²) < 4.78 is 0. The van der Waals surface area contributed by atoms with E-state index in [1.807, 2.05) is 12.1 Å². The zero-order chi connectivity index (χ0) is 15.4. The van der Waals surface area contributed by atoms with Gasteiger partial charge in [0.2, 0.25) is 5.91 Å². The molecule has 5 nitrogen and oxygen atoms in total. The number of hydrogen-bond acceptors (Lipinski definition) is 4. The summed E-state index contributed by atoms with van der Waals surface area (Å²) in [6.07, 6.45) is 1.22. The normalized spacial score (nSPS) is 18.0. The zero-order valence-electron chi connectivity index (χ0n) is 11.5. The van der Waals surface area contributed by atoms with Crippen LogP contribution < -0.4 is 4.90 Å². The highest BCUT2D eigenvalue weighted by atomic mass is 32.1. The van der Waals surface area contributed by atoms with Gasteiger partial charge in [-0.1, -0.05) is 18.2 Å². The van der Waals surface area contributed by atoms with E-state index in [0.29, 0.717) is 24.3 Å². The molecule has 0 radical (unpaired) electrons. The monoisotopic (exact) mass is 307 g/mol. The van der Waals surface area contributed by atoms with E-state index in [1.54, 1.807) is 12.1 Å². The number of ketones is 1. The number of Topliss-reactive ketones (excluding diaryl/α,β-unsaturated/α-hetero) is 1. The molecule has 112 valence electrons. The number of benzene rings is 1. The number of carbonyl (C=O) groups is 3. The Balaban J connectivity index is 2.37. The Bertz CT molecular complexity index is 573. The van der Waals surface area contributed by atoms with Crippen LogP contribution in [0.4, 0.5) is 5.69 Å². The van der Waals surface area contributed by atoms with Gasteiger partial charge >= 0.3 is 5.97 Å². The van der Waals surface area contributed by atoms with Crippen molar-refractivity contribution < 1.29 is 19.5 Å². The number of carboxylic acid groups (broad SMARTS) is 1. The Morgan fingerprint density at radius 2 is 2.05 bits per heavy atom. The Morgan fingerprint density at radius 3 is 2.71 bits per heavy atom. The SMILES string of the molecule is O=C(O)CN1C(=O)C(C(=O)CCS)CCc2ccccc21. The topological polar surface area (TPSA) is 74.7 Å². The minimum absolute atomic E-state index is 0.168. The van der Waals surface area contributed by atoms with E-state index in [1.165, 1.54) is 4.90 Å². The number of fused-ring (bicyclic) bond motifs is 1. The number of carbonyl (C=O) groups excluding carboxylic acids is 2. The molecule has 0 fully saturated rings. The molecule has 0 saturated heterocycles. The first kappa shape index (κ1) is 15.6. The largest absolute Gasteiger partial charge is 0.480 e. The second-order valence-corrected chi connectivity index (χ2v) is 5.43. The molecule has 21 heavy (non-hydrogen) atoms. The Kier molecular flexibility index (Phi) is 5.01. The van der Waals surface area contributed by atoms with E-state index < -0.39 is 24.3 Å². The molecule has 2 rings (SSSR count). The Labute approximate surface area is 128 Å². The first-order valence-corrected chi connectivity index (χ1v) is 7.42. The van der Waals surface area contributed by atoms with Gasteiger partial charge in [0.15, 0.2) is 0 Å². The molecular formula is C15H17NO4S. The second kappa shape index (κ2) is 6.76. The molecule has 1 aliphatic heterocycles. The predicted octanol–water partition coefficient (Wildman–Crippen LogP) is 1.56. The fraction of sp³-hybridized carbons (Fsp3) is 0.400. The molecule has 1 N–H and O–H groups in total. The van der Waals surface area contributed by atoms with Gasteiger partial charge in [0.1, 0.15) is 12.3 Å². The molecule has 1 atom stereocenters. The van der Waals surface area contributed by atoms with E-state index in [4.69, 9.17) is 5.11 Å². The third-order valence-electron chi connectivity index (χ3n) is 3.59. The third-order valence-corrected chi connectivity index (χ3v) is 3.81. The number of thiol groups is 1. The van der Waals surface area contributed by atoms with Crippen LogP contribution in [0.15, 0.2) is 24.3 Å². The summed E-state index contributed by atoms with van der Waals surface area (Å²) in [6.45, 7) is -0.430. The first-order valence-electron chi connectivity index (χ1n) is 6.79. The molecule has 0 aromatic heterocycles. The van der Waals surface area contributed by atoms with Gasteiger partial charge in [0.25, 0.3) is 0 Å². The van der Waals surface area contributed by atoms with Gasteiger partial charge in [-0.15, -0.1) is 0 Å². The van der Waals surface area contributed by atoms with Crippen molar-refractivity contribution in [2.45, 2.75) is 19.3 Å². The van der Waals surface area contributed by atoms with Crippen molar-refractivity contribution in [1.29, 1.82) is 0 Å². The van der Waals surface area contributed by atoms with Crippen molar-refractivity contribution in [2.75, 3.05) is 17.2 Å². The smallest absolute Gasteiger partial charge is 0.323 e. The van der Waals surface area contributed by atoms with Crippen molar-refractivity contribution in [2.24, 2.45) is 5.92 Å². The van der Waals surface area contributed by atoms with E-state index in [9.17, 15) is 14.4 Å². The maximum absolute atomic E-state index is 12.6. The molecule has 0 saturated carbocycles. The van der Waals surface area contributed by atoms with Crippen LogP contribution in [0, 0.1) is 5.92 Å². The van der Waals surface area contributed by atoms with Crippen molar-refractivity contribution >= 4 is 36.0 Å². The average Bonchev–Trinajstić information content (AvgIpc) is 2.57. The Hall–Kier alpha value is -1.82. The first-order chi connectivity index (χ1) is 10.0. The lowest BCUT2D eigenvalue weighted by Gasteiger charge is -2.23. The number of rotatable bonds is 5. The number of amides is 1. The van der Waals surface area contributed by atoms with Crippen molar-refractivity contribution in [3.05, 3.63) is 29.8 Å². The van der Waals surface area contributed by atoms with Crippen molar-refractivity contribution in [3.8, 4) is 0 Å². The predicted molar refractivity (Wildman–Crippen MR) is 81.7 cm³/mol. The summed E-state index contributed by atoms with van der Waals surface area (Å²) in [7, 11) is 0. The summed E-state index contributed by atoms with van der Waals surface area (Å²) in [5.41, 5.74) is 1.49. The molecule has 0 spiro atoms. The van der Waals surface area contributed by atoms with Crippen molar-refractivity contribution in [3.63, 3.8) is 0 Å².